The molecule has 1 aromatic rings. The fourth-order valence-corrected chi connectivity index (χ4v) is 1.88. The predicted octanol–water partition coefficient (Wildman–Crippen LogP) is 3.37. The topological polar surface area (TPSA) is 26.0 Å². The molecule has 0 heterocycles. The summed E-state index contributed by atoms with van der Waals surface area (Å²) < 4.78 is 25.0. The van der Waals surface area contributed by atoms with Crippen LogP contribution in [0.5, 0.6) is 0 Å². The van der Waals surface area contributed by atoms with Crippen molar-refractivity contribution in [2.75, 3.05) is 0 Å². The third-order valence-corrected chi connectivity index (χ3v) is 2.72. The van der Waals surface area contributed by atoms with Gasteiger partial charge in [0, 0.05) is 16.0 Å². The van der Waals surface area contributed by atoms with Crippen LogP contribution in [0.3, 0.4) is 0 Å². The van der Waals surface area contributed by atoms with Crippen molar-refractivity contribution >= 4 is 35.0 Å². The molecule has 80 valence electrons. The van der Waals surface area contributed by atoms with E-state index >= 15 is 0 Å². The second-order valence-corrected chi connectivity index (χ2v) is 3.92. The third kappa shape index (κ3) is 4.06. The first kappa shape index (κ1) is 14.1. The van der Waals surface area contributed by atoms with Crippen molar-refractivity contribution in [1.82, 2.24) is 0 Å². The number of halogens is 4. The summed E-state index contributed by atoms with van der Waals surface area (Å²) in [5.41, 5.74) is 6.41. The lowest BCUT2D eigenvalue weighted by Gasteiger charge is -2.12. The number of hydrogen-bond acceptors (Lipinski definition) is 1. The van der Waals surface area contributed by atoms with Gasteiger partial charge in [0.1, 0.15) is 0 Å². The van der Waals surface area contributed by atoms with Gasteiger partial charge in [0.15, 0.2) is 0 Å². The molecule has 0 aromatic heterocycles. The Morgan fingerprint density at radius 2 is 1.86 bits per heavy atom. The molecule has 0 radical (unpaired) electrons. The van der Waals surface area contributed by atoms with Crippen LogP contribution in [0.1, 0.15) is 18.0 Å². The second-order valence-electron chi connectivity index (χ2n) is 2.75. The summed E-state index contributed by atoms with van der Waals surface area (Å²) >= 11 is 2.10. The van der Waals surface area contributed by atoms with Crippen molar-refractivity contribution in [1.29, 1.82) is 0 Å². The maximum Gasteiger partial charge on any atom is 0.240 e. The molecule has 0 unspecified atom stereocenters. The van der Waals surface area contributed by atoms with E-state index in [2.05, 4.69) is 22.6 Å². The molecule has 0 saturated heterocycles. The summed E-state index contributed by atoms with van der Waals surface area (Å²) in [6, 6.07) is 6.76. The zero-order chi connectivity index (χ0) is 9.84. The smallest absolute Gasteiger partial charge is 0.240 e. The molecule has 0 fully saturated rings. The van der Waals surface area contributed by atoms with Gasteiger partial charge in [-0.25, -0.2) is 8.78 Å². The van der Waals surface area contributed by atoms with Crippen LogP contribution >= 0.6 is 35.0 Å². The molecule has 0 bridgehead atoms. The van der Waals surface area contributed by atoms with Crippen LogP contribution in [0.2, 0.25) is 0 Å². The largest absolute Gasteiger partial charge is 0.324 e. The van der Waals surface area contributed by atoms with Crippen LogP contribution in [0.15, 0.2) is 24.3 Å². The van der Waals surface area contributed by atoms with Crippen molar-refractivity contribution < 1.29 is 8.78 Å². The van der Waals surface area contributed by atoms with Gasteiger partial charge in [-0.1, -0.05) is 18.2 Å². The minimum absolute atomic E-state index is 0. The van der Waals surface area contributed by atoms with E-state index in [-0.39, 0.29) is 18.8 Å². The fraction of sp³-hybridized carbons (Fsp3) is 0.333. The van der Waals surface area contributed by atoms with E-state index < -0.39 is 12.5 Å². The Morgan fingerprint density at radius 1 is 1.29 bits per heavy atom. The van der Waals surface area contributed by atoms with E-state index in [1.54, 1.807) is 6.07 Å². The third-order valence-electron chi connectivity index (χ3n) is 1.74. The minimum Gasteiger partial charge on any atom is -0.324 e. The number of alkyl halides is 2. The van der Waals surface area contributed by atoms with E-state index in [1.165, 1.54) is 0 Å². The highest BCUT2D eigenvalue weighted by Crippen LogP contribution is 2.22. The van der Waals surface area contributed by atoms with Gasteiger partial charge in [0.25, 0.3) is 0 Å². The van der Waals surface area contributed by atoms with Crippen LogP contribution in [0, 0.1) is 3.57 Å². The average Bonchev–Trinajstić information content (AvgIpc) is 2.03. The molecule has 2 N–H and O–H groups in total. The summed E-state index contributed by atoms with van der Waals surface area (Å²) in [7, 11) is 0. The zero-order valence-corrected chi connectivity index (χ0v) is 10.3. The number of rotatable bonds is 3. The molecule has 0 spiro atoms. The lowest BCUT2D eigenvalue weighted by molar-refractivity contribution is 0.128. The Balaban J connectivity index is 0.00000169. The van der Waals surface area contributed by atoms with Gasteiger partial charge >= 0.3 is 0 Å². The standard InChI is InChI=1S/C9H10F2IN.ClH/c10-9(11)5-8(13)6-3-1-2-4-7(6)12;/h1-4,8-9H,5,13H2;1H/t8-;/m1./s1. The molecular formula is C9H11ClF2IN. The Morgan fingerprint density at radius 3 is 2.36 bits per heavy atom. The Labute approximate surface area is 102 Å². The Kier molecular flexibility index (Phi) is 6.55. The van der Waals surface area contributed by atoms with Crippen LogP contribution in [-0.2, 0) is 0 Å². The maximum absolute atomic E-state index is 12.0. The van der Waals surface area contributed by atoms with Gasteiger partial charge in [0.2, 0.25) is 6.43 Å². The first-order valence-corrected chi connectivity index (χ1v) is 4.97. The maximum atomic E-state index is 12.0. The van der Waals surface area contributed by atoms with Gasteiger partial charge in [-0.05, 0) is 34.2 Å². The first-order chi connectivity index (χ1) is 6.11. The highest BCUT2D eigenvalue weighted by molar-refractivity contribution is 14.1. The molecule has 1 nitrogen and oxygen atoms in total. The van der Waals surface area contributed by atoms with E-state index in [4.69, 9.17) is 5.73 Å². The van der Waals surface area contributed by atoms with E-state index in [1.807, 2.05) is 18.2 Å². The van der Waals surface area contributed by atoms with Crippen molar-refractivity contribution in [2.24, 2.45) is 5.73 Å². The summed E-state index contributed by atoms with van der Waals surface area (Å²) in [5, 5.41) is 0. The van der Waals surface area contributed by atoms with Crippen LogP contribution in [0.4, 0.5) is 8.78 Å². The van der Waals surface area contributed by atoms with Gasteiger partial charge in [-0.2, -0.15) is 0 Å². The van der Waals surface area contributed by atoms with Crippen LogP contribution in [0.25, 0.3) is 0 Å². The Bertz CT molecular complexity index is 283. The molecule has 0 aliphatic rings. The van der Waals surface area contributed by atoms with Crippen molar-refractivity contribution in [2.45, 2.75) is 18.9 Å². The number of benzene rings is 1. The van der Waals surface area contributed by atoms with Crippen molar-refractivity contribution in [3.05, 3.63) is 33.4 Å². The first-order valence-electron chi connectivity index (χ1n) is 3.89. The Hall–Kier alpha value is 0.0600. The van der Waals surface area contributed by atoms with Crippen LogP contribution < -0.4 is 5.73 Å². The molecule has 0 amide bonds. The van der Waals surface area contributed by atoms with E-state index in [9.17, 15) is 8.78 Å². The van der Waals surface area contributed by atoms with Gasteiger partial charge in [0.05, 0.1) is 0 Å². The SMILES string of the molecule is Cl.N[C@H](CC(F)F)c1ccccc1I. The molecule has 14 heavy (non-hydrogen) atoms. The quantitative estimate of drug-likeness (QED) is 0.843. The summed E-state index contributed by atoms with van der Waals surface area (Å²) in [6.45, 7) is 0. The highest BCUT2D eigenvalue weighted by Gasteiger charge is 2.14. The second kappa shape index (κ2) is 6.53. The summed E-state index contributed by atoms with van der Waals surface area (Å²) in [6.07, 6.45) is -2.62. The molecular weight excluding hydrogens is 322 g/mol. The predicted molar refractivity (Wildman–Crippen MR) is 64.0 cm³/mol. The molecule has 5 heteroatoms. The normalized spacial score (nSPS) is 12.4. The zero-order valence-electron chi connectivity index (χ0n) is 7.29. The lowest BCUT2D eigenvalue weighted by Crippen LogP contribution is -2.15. The summed E-state index contributed by atoms with van der Waals surface area (Å²) in [5.74, 6) is 0. The van der Waals surface area contributed by atoms with E-state index in [0.717, 1.165) is 9.13 Å². The van der Waals surface area contributed by atoms with Gasteiger partial charge < -0.3 is 5.73 Å². The van der Waals surface area contributed by atoms with Gasteiger partial charge in [-0.15, -0.1) is 12.4 Å². The van der Waals surface area contributed by atoms with Gasteiger partial charge in [-0.3, -0.25) is 0 Å². The molecule has 0 aliphatic carbocycles. The van der Waals surface area contributed by atoms with E-state index in [0.29, 0.717) is 0 Å². The molecule has 1 rings (SSSR count). The fourth-order valence-electron chi connectivity index (χ4n) is 1.09. The molecule has 1 aromatic carbocycles. The van der Waals surface area contributed by atoms with Crippen molar-refractivity contribution in [3.63, 3.8) is 0 Å². The highest BCUT2D eigenvalue weighted by atomic mass is 127. The molecule has 1 atom stereocenters. The minimum atomic E-state index is -2.34. The molecule has 0 aliphatic heterocycles. The van der Waals surface area contributed by atoms with Crippen LogP contribution in [-0.4, -0.2) is 6.43 Å². The number of nitrogens with two attached hydrogens (primary N) is 1. The van der Waals surface area contributed by atoms with Crippen molar-refractivity contribution in [3.8, 4) is 0 Å². The molecule has 0 saturated carbocycles. The average molecular weight is 334 g/mol. The number of hydrogen-bond donors (Lipinski definition) is 1. The summed E-state index contributed by atoms with van der Waals surface area (Å²) in [4.78, 5) is 0. The monoisotopic (exact) mass is 333 g/mol. The lowest BCUT2D eigenvalue weighted by atomic mass is 10.1.